The molecule has 1 aromatic carbocycles. The molecule has 2 unspecified atom stereocenters. The first-order valence-corrected chi connectivity index (χ1v) is 12.9. The van der Waals surface area contributed by atoms with Crippen molar-refractivity contribution >= 4 is 28.8 Å². The molecule has 3 N–H and O–H groups in total. The number of aliphatic imine (C=N–C) groups is 1. The molecule has 3 heterocycles. The lowest BCUT2D eigenvalue weighted by molar-refractivity contribution is -0.129. The van der Waals surface area contributed by atoms with Gasteiger partial charge in [0, 0.05) is 48.9 Å². The minimum absolute atomic E-state index is 0.0837. The Labute approximate surface area is 227 Å². The fourth-order valence-corrected chi connectivity index (χ4v) is 5.19. The van der Waals surface area contributed by atoms with Crippen LogP contribution in [0, 0.1) is 23.1 Å². The molecule has 9 heteroatoms. The highest BCUT2D eigenvalue weighted by Gasteiger charge is 2.31. The second kappa shape index (κ2) is 11.6. The SMILES string of the molecule is C=C1NC(=CN)C(=NC)c2ccnc(c2)C(N2CCC(c3c(C#N)ccc(Cl)c3F)=CC2=O)CCCC1C. The highest BCUT2D eigenvalue weighted by atomic mass is 35.5. The number of nitrogens with one attached hydrogen (secondary N) is 1. The van der Waals surface area contributed by atoms with E-state index in [1.165, 1.54) is 24.4 Å². The molecule has 0 saturated heterocycles. The highest BCUT2D eigenvalue weighted by molar-refractivity contribution is 6.31. The molecule has 38 heavy (non-hydrogen) atoms. The molecule has 0 spiro atoms. The van der Waals surface area contributed by atoms with E-state index in [2.05, 4.69) is 28.8 Å². The number of amides is 1. The molecule has 0 aliphatic carbocycles. The number of halogens is 2. The van der Waals surface area contributed by atoms with Crippen LogP contribution in [0.2, 0.25) is 5.02 Å². The minimum atomic E-state index is -0.684. The van der Waals surface area contributed by atoms with Gasteiger partial charge in [0.05, 0.1) is 39.8 Å². The van der Waals surface area contributed by atoms with Crippen LogP contribution in [0.4, 0.5) is 4.39 Å². The molecule has 1 aromatic heterocycles. The second-order valence-corrected chi connectivity index (χ2v) is 9.87. The number of carbonyl (C=O) groups excluding carboxylic acids is 1. The Morgan fingerprint density at radius 1 is 1.37 bits per heavy atom. The maximum Gasteiger partial charge on any atom is 0.247 e. The summed E-state index contributed by atoms with van der Waals surface area (Å²) < 4.78 is 14.9. The quantitative estimate of drug-likeness (QED) is 0.549. The van der Waals surface area contributed by atoms with Gasteiger partial charge in [0.15, 0.2) is 5.82 Å². The van der Waals surface area contributed by atoms with Crippen LogP contribution in [0.15, 0.2) is 65.7 Å². The van der Waals surface area contributed by atoms with E-state index in [1.807, 2.05) is 18.2 Å². The lowest BCUT2D eigenvalue weighted by Gasteiger charge is -2.35. The zero-order valence-electron chi connectivity index (χ0n) is 21.5. The summed E-state index contributed by atoms with van der Waals surface area (Å²) in [4.78, 5) is 24.4. The van der Waals surface area contributed by atoms with Crippen molar-refractivity contribution < 1.29 is 9.18 Å². The van der Waals surface area contributed by atoms with Gasteiger partial charge in [-0.1, -0.05) is 31.5 Å². The summed E-state index contributed by atoms with van der Waals surface area (Å²) in [5, 5.41) is 12.7. The van der Waals surface area contributed by atoms with Gasteiger partial charge in [-0.15, -0.1) is 0 Å². The summed E-state index contributed by atoms with van der Waals surface area (Å²) >= 11 is 5.99. The molecule has 7 nitrogen and oxygen atoms in total. The maximum absolute atomic E-state index is 14.9. The van der Waals surface area contributed by atoms with E-state index in [9.17, 15) is 14.4 Å². The Balaban J connectivity index is 1.74. The van der Waals surface area contributed by atoms with E-state index in [1.54, 1.807) is 18.1 Å². The van der Waals surface area contributed by atoms with Crippen LogP contribution in [0.1, 0.15) is 61.0 Å². The normalized spacial score (nSPS) is 22.8. The third-order valence-electron chi connectivity index (χ3n) is 7.16. The van der Waals surface area contributed by atoms with Crippen molar-refractivity contribution in [2.75, 3.05) is 13.6 Å². The summed E-state index contributed by atoms with van der Waals surface area (Å²) in [5.41, 5.74) is 10.4. The number of aromatic nitrogens is 1. The van der Waals surface area contributed by atoms with Crippen LogP contribution in [-0.2, 0) is 4.79 Å². The van der Waals surface area contributed by atoms with Crippen molar-refractivity contribution in [2.24, 2.45) is 16.6 Å². The number of fused-ring (bicyclic) bond motifs is 2. The van der Waals surface area contributed by atoms with Gasteiger partial charge in [-0.3, -0.25) is 14.8 Å². The van der Waals surface area contributed by atoms with E-state index in [4.69, 9.17) is 17.3 Å². The molecule has 2 atom stereocenters. The Morgan fingerprint density at radius 2 is 2.16 bits per heavy atom. The van der Waals surface area contributed by atoms with Crippen LogP contribution in [0.5, 0.6) is 0 Å². The number of benzene rings is 1. The van der Waals surface area contributed by atoms with Gasteiger partial charge >= 0.3 is 0 Å². The fraction of sp³-hybridized carbons (Fsp3) is 0.310. The van der Waals surface area contributed by atoms with E-state index in [0.717, 1.165) is 29.8 Å². The number of allylic oxidation sites excluding steroid dienone is 2. The van der Waals surface area contributed by atoms with Gasteiger partial charge in [0.1, 0.15) is 0 Å². The number of rotatable bonds is 2. The smallest absolute Gasteiger partial charge is 0.247 e. The van der Waals surface area contributed by atoms with Crippen molar-refractivity contribution in [3.63, 3.8) is 0 Å². The first-order chi connectivity index (χ1) is 18.3. The lowest BCUT2D eigenvalue weighted by atomic mass is 9.91. The Hall–Kier alpha value is -3.96. The summed E-state index contributed by atoms with van der Waals surface area (Å²) in [6, 6.07) is 8.33. The summed E-state index contributed by atoms with van der Waals surface area (Å²) in [6.07, 6.45) is 7.35. The number of pyridine rings is 1. The van der Waals surface area contributed by atoms with E-state index < -0.39 is 5.82 Å². The lowest BCUT2D eigenvalue weighted by Crippen LogP contribution is -2.38. The number of hydrogen-bond acceptors (Lipinski definition) is 6. The van der Waals surface area contributed by atoms with Gasteiger partial charge in [0.2, 0.25) is 5.91 Å². The second-order valence-electron chi connectivity index (χ2n) is 9.47. The number of nitrogens with zero attached hydrogens (tertiary/aromatic N) is 4. The molecule has 196 valence electrons. The van der Waals surface area contributed by atoms with Gasteiger partial charge in [0.25, 0.3) is 0 Å². The van der Waals surface area contributed by atoms with Gasteiger partial charge in [-0.2, -0.15) is 5.26 Å². The molecular weight excluding hydrogens is 503 g/mol. The van der Waals surface area contributed by atoms with E-state index in [0.29, 0.717) is 36.4 Å². The topological polar surface area (TPSA) is 107 Å². The molecule has 2 bridgehead atoms. The predicted octanol–water partition coefficient (Wildman–Crippen LogP) is 5.25. The molecule has 4 rings (SSSR count). The maximum atomic E-state index is 14.9. The van der Waals surface area contributed by atoms with Gasteiger partial charge in [-0.05, 0) is 55.0 Å². The largest absolute Gasteiger partial charge is 0.403 e. The first-order valence-electron chi connectivity index (χ1n) is 12.5. The zero-order valence-corrected chi connectivity index (χ0v) is 22.2. The number of hydrogen-bond donors (Lipinski definition) is 2. The Morgan fingerprint density at radius 3 is 2.84 bits per heavy atom. The van der Waals surface area contributed by atoms with Gasteiger partial charge in [-0.25, -0.2) is 4.39 Å². The van der Waals surface area contributed by atoms with Crippen molar-refractivity contribution in [1.82, 2.24) is 15.2 Å². The molecule has 0 radical (unpaired) electrons. The van der Waals surface area contributed by atoms with Crippen molar-refractivity contribution in [3.8, 4) is 6.07 Å². The first kappa shape index (κ1) is 27.1. The Kier molecular flexibility index (Phi) is 8.28. The average Bonchev–Trinajstić information content (AvgIpc) is 2.92. The summed E-state index contributed by atoms with van der Waals surface area (Å²) in [6.45, 7) is 6.64. The molecule has 1 amide bonds. The number of nitrogens with two attached hydrogens (primary N) is 1. The summed E-state index contributed by atoms with van der Waals surface area (Å²) in [5.74, 6) is -0.783. The van der Waals surface area contributed by atoms with Crippen molar-refractivity contribution in [1.29, 1.82) is 5.26 Å². The molecule has 2 aromatic rings. The molecule has 2 aliphatic rings. The average molecular weight is 533 g/mol. The minimum Gasteiger partial charge on any atom is -0.403 e. The van der Waals surface area contributed by atoms with Crippen LogP contribution in [0.3, 0.4) is 0 Å². The van der Waals surface area contributed by atoms with Gasteiger partial charge < -0.3 is 16.0 Å². The van der Waals surface area contributed by atoms with E-state index in [-0.39, 0.29) is 34.0 Å². The molecule has 2 aliphatic heterocycles. The summed E-state index contributed by atoms with van der Waals surface area (Å²) in [7, 11) is 1.70. The molecule has 0 fully saturated rings. The van der Waals surface area contributed by atoms with Crippen LogP contribution in [-0.4, -0.2) is 35.1 Å². The third kappa shape index (κ3) is 5.34. The van der Waals surface area contributed by atoms with Crippen LogP contribution in [0.25, 0.3) is 5.57 Å². The van der Waals surface area contributed by atoms with E-state index >= 15 is 0 Å². The monoisotopic (exact) mass is 532 g/mol. The third-order valence-corrected chi connectivity index (χ3v) is 7.45. The Bertz CT molecular complexity index is 1410. The number of carbonyl (C=O) groups is 1. The van der Waals surface area contributed by atoms with Crippen LogP contribution < -0.4 is 11.1 Å². The highest BCUT2D eigenvalue weighted by Crippen LogP contribution is 2.36. The zero-order chi connectivity index (χ0) is 27.4. The number of nitriles is 1. The standard InChI is InChI=1S/C29H30ClFN6O/c1-17-5-4-6-25(23-13-20(9-11-35-23)29(34-3)24(16-33)36-18(17)2)37-12-10-19(14-26(37)38)27-21(15-32)7-8-22(30)28(27)31/h7-9,11,13-14,16-17,25,36H,2,4-6,10,12,33H2,1,3H3. The van der Waals surface area contributed by atoms with Crippen molar-refractivity contribution in [3.05, 3.63) is 93.9 Å². The fourth-order valence-electron chi connectivity index (χ4n) is 5.03. The predicted molar refractivity (Wildman–Crippen MR) is 147 cm³/mol. The molecule has 0 saturated carbocycles. The van der Waals surface area contributed by atoms with Crippen LogP contribution >= 0.6 is 11.6 Å². The molecular formula is C29H30ClFN6O. The van der Waals surface area contributed by atoms with Crippen molar-refractivity contribution in [2.45, 2.75) is 38.6 Å².